The van der Waals surface area contributed by atoms with Crippen molar-refractivity contribution in [3.05, 3.63) is 0 Å². The van der Waals surface area contributed by atoms with E-state index in [1.807, 2.05) is 37.5 Å². The fourth-order valence-electron chi connectivity index (χ4n) is 3.90. The van der Waals surface area contributed by atoms with E-state index in [-0.39, 0.29) is 42.0 Å². The summed E-state index contributed by atoms with van der Waals surface area (Å²) >= 11 is 0. The molecule has 2 saturated heterocycles. The molecule has 2 unspecified atom stereocenters. The van der Waals surface area contributed by atoms with Crippen LogP contribution in [0.3, 0.4) is 0 Å². The number of hydrogen-bond acceptors (Lipinski definition) is 4. The van der Waals surface area contributed by atoms with E-state index in [9.17, 15) is 9.59 Å². The highest BCUT2D eigenvalue weighted by molar-refractivity contribution is 14.0. The second kappa shape index (κ2) is 12.6. The average molecular weight is 537 g/mol. The van der Waals surface area contributed by atoms with Gasteiger partial charge in [0.15, 0.2) is 5.96 Å². The number of amides is 2. The molecular weight excluding hydrogens is 497 g/mol. The molecule has 0 aromatic carbocycles. The lowest BCUT2D eigenvalue weighted by molar-refractivity contribution is -0.129. The topological polar surface area (TPSA) is 86.3 Å². The van der Waals surface area contributed by atoms with Crippen LogP contribution in [0.15, 0.2) is 4.99 Å². The fraction of sp³-hybridized carbons (Fsp3) is 0.857. The summed E-state index contributed by atoms with van der Waals surface area (Å²) in [4.78, 5) is 32.2. The summed E-state index contributed by atoms with van der Waals surface area (Å²) in [5, 5.41) is 6.81. The van der Waals surface area contributed by atoms with Gasteiger partial charge in [-0.25, -0.2) is 4.79 Å². The number of nitrogens with one attached hydrogen (secondary N) is 2. The highest BCUT2D eigenvalue weighted by Crippen LogP contribution is 2.21. The number of ether oxygens (including phenoxy) is 1. The van der Waals surface area contributed by atoms with Gasteiger partial charge in [0.1, 0.15) is 5.60 Å². The van der Waals surface area contributed by atoms with Crippen molar-refractivity contribution in [2.45, 2.75) is 71.4 Å². The molecule has 174 valence electrons. The predicted octanol–water partition coefficient (Wildman–Crippen LogP) is 2.82. The van der Waals surface area contributed by atoms with Gasteiger partial charge in [-0.3, -0.25) is 9.79 Å². The van der Waals surface area contributed by atoms with Gasteiger partial charge in [0, 0.05) is 52.2 Å². The van der Waals surface area contributed by atoms with Gasteiger partial charge in [-0.05, 0) is 52.4 Å². The first-order valence-electron chi connectivity index (χ1n) is 10.9. The minimum atomic E-state index is -0.457. The van der Waals surface area contributed by atoms with Crippen molar-refractivity contribution in [2.24, 2.45) is 10.9 Å². The fourth-order valence-corrected chi connectivity index (χ4v) is 3.90. The third-order valence-electron chi connectivity index (χ3n) is 5.42. The van der Waals surface area contributed by atoms with E-state index in [2.05, 4.69) is 15.6 Å². The van der Waals surface area contributed by atoms with Gasteiger partial charge in [-0.15, -0.1) is 24.0 Å². The van der Waals surface area contributed by atoms with E-state index >= 15 is 0 Å². The molecule has 2 rings (SSSR count). The molecule has 0 radical (unpaired) electrons. The molecule has 8 nitrogen and oxygen atoms in total. The Hall–Kier alpha value is -1.26. The maximum atomic E-state index is 12.3. The number of likely N-dealkylation sites (tertiary alicyclic amines) is 2. The van der Waals surface area contributed by atoms with E-state index in [0.717, 1.165) is 64.4 Å². The quantitative estimate of drug-likeness (QED) is 0.320. The lowest BCUT2D eigenvalue weighted by Crippen LogP contribution is -2.46. The Morgan fingerprint density at radius 1 is 1.13 bits per heavy atom. The zero-order valence-electron chi connectivity index (χ0n) is 19.2. The molecule has 9 heteroatoms. The zero-order chi connectivity index (χ0) is 21.4. The zero-order valence-corrected chi connectivity index (χ0v) is 21.5. The van der Waals surface area contributed by atoms with Crippen LogP contribution in [0.4, 0.5) is 4.79 Å². The molecule has 0 saturated carbocycles. The highest BCUT2D eigenvalue weighted by Gasteiger charge is 2.28. The Bertz CT molecular complexity index is 594. The van der Waals surface area contributed by atoms with Crippen molar-refractivity contribution in [3.8, 4) is 0 Å². The lowest BCUT2D eigenvalue weighted by atomic mass is 9.95. The van der Waals surface area contributed by atoms with Crippen LogP contribution in [0.1, 0.15) is 59.8 Å². The molecule has 30 heavy (non-hydrogen) atoms. The number of halogens is 1. The van der Waals surface area contributed by atoms with Crippen LogP contribution >= 0.6 is 24.0 Å². The molecule has 0 aliphatic carbocycles. The van der Waals surface area contributed by atoms with Crippen LogP contribution in [-0.2, 0) is 9.53 Å². The molecule has 2 heterocycles. The third kappa shape index (κ3) is 8.85. The van der Waals surface area contributed by atoms with Crippen molar-refractivity contribution >= 4 is 41.9 Å². The van der Waals surface area contributed by atoms with Crippen molar-refractivity contribution in [3.63, 3.8) is 0 Å². The SMILES string of the molecule is CCC(=O)N1CCC(NC(=NC)NCCC2CCCN(C(=O)OC(C)(C)C)C2)C1.I. The Morgan fingerprint density at radius 2 is 1.87 bits per heavy atom. The highest BCUT2D eigenvalue weighted by atomic mass is 127. The van der Waals surface area contributed by atoms with E-state index in [1.54, 1.807) is 7.05 Å². The summed E-state index contributed by atoms with van der Waals surface area (Å²) in [6, 6.07) is 0.244. The summed E-state index contributed by atoms with van der Waals surface area (Å²) in [7, 11) is 1.77. The minimum Gasteiger partial charge on any atom is -0.444 e. The van der Waals surface area contributed by atoms with Crippen LogP contribution in [0, 0.1) is 5.92 Å². The van der Waals surface area contributed by atoms with Crippen molar-refractivity contribution in [1.82, 2.24) is 20.4 Å². The number of carbonyl (C=O) groups excluding carboxylic acids is 2. The standard InChI is InChI=1S/C21H39N5O3.HI/c1-6-18(27)25-13-10-17(15-25)24-19(22-5)23-11-9-16-8-7-12-26(14-16)20(28)29-21(2,3)4;/h16-17H,6-15H2,1-5H3,(H2,22,23,24);1H. The summed E-state index contributed by atoms with van der Waals surface area (Å²) in [6.45, 7) is 11.5. The third-order valence-corrected chi connectivity index (χ3v) is 5.42. The first-order chi connectivity index (χ1) is 13.7. The first-order valence-corrected chi connectivity index (χ1v) is 10.9. The van der Waals surface area contributed by atoms with E-state index < -0.39 is 5.60 Å². The number of carbonyl (C=O) groups is 2. The second-order valence-electron chi connectivity index (χ2n) is 9.05. The summed E-state index contributed by atoms with van der Waals surface area (Å²) in [5.41, 5.74) is -0.457. The van der Waals surface area contributed by atoms with Crippen LogP contribution in [-0.4, -0.2) is 79.2 Å². The summed E-state index contributed by atoms with van der Waals surface area (Å²) in [5.74, 6) is 1.45. The molecule has 0 aromatic rings. The van der Waals surface area contributed by atoms with E-state index in [1.165, 1.54) is 0 Å². The lowest BCUT2D eigenvalue weighted by Gasteiger charge is -2.34. The van der Waals surface area contributed by atoms with Crippen molar-refractivity contribution < 1.29 is 14.3 Å². The van der Waals surface area contributed by atoms with Crippen LogP contribution in [0.5, 0.6) is 0 Å². The number of guanidine groups is 1. The Morgan fingerprint density at radius 3 is 2.50 bits per heavy atom. The maximum absolute atomic E-state index is 12.3. The van der Waals surface area contributed by atoms with Gasteiger partial charge in [0.2, 0.25) is 5.91 Å². The number of rotatable bonds is 5. The molecule has 0 aromatic heterocycles. The maximum Gasteiger partial charge on any atom is 0.410 e. The van der Waals surface area contributed by atoms with E-state index in [4.69, 9.17) is 4.74 Å². The minimum absolute atomic E-state index is 0. The number of hydrogen-bond donors (Lipinski definition) is 2. The molecule has 2 aliphatic heterocycles. The van der Waals surface area contributed by atoms with Crippen LogP contribution < -0.4 is 10.6 Å². The molecule has 2 fully saturated rings. The molecule has 2 aliphatic rings. The Kier molecular flexibility index (Phi) is 11.2. The molecule has 0 spiro atoms. The molecule has 2 N–H and O–H groups in total. The van der Waals surface area contributed by atoms with Gasteiger partial charge in [0.25, 0.3) is 0 Å². The predicted molar refractivity (Wildman–Crippen MR) is 130 cm³/mol. The van der Waals surface area contributed by atoms with Gasteiger partial charge in [0.05, 0.1) is 0 Å². The monoisotopic (exact) mass is 537 g/mol. The number of piperidine rings is 1. The largest absolute Gasteiger partial charge is 0.444 e. The average Bonchev–Trinajstić information content (AvgIpc) is 3.14. The second-order valence-corrected chi connectivity index (χ2v) is 9.05. The Labute approximate surface area is 198 Å². The van der Waals surface area contributed by atoms with Crippen LogP contribution in [0.25, 0.3) is 0 Å². The molecular formula is C21H40IN5O3. The van der Waals surface area contributed by atoms with Gasteiger partial charge in [-0.1, -0.05) is 6.92 Å². The molecule has 2 amide bonds. The number of aliphatic imine (C=N–C) groups is 1. The van der Waals surface area contributed by atoms with E-state index in [0.29, 0.717) is 12.3 Å². The van der Waals surface area contributed by atoms with Crippen LogP contribution in [0.2, 0.25) is 0 Å². The molecule has 0 bridgehead atoms. The van der Waals surface area contributed by atoms with Gasteiger partial charge >= 0.3 is 6.09 Å². The van der Waals surface area contributed by atoms with Crippen molar-refractivity contribution in [1.29, 1.82) is 0 Å². The Balaban J connectivity index is 0.00000450. The van der Waals surface area contributed by atoms with Gasteiger partial charge < -0.3 is 25.2 Å². The normalized spacial score (nSPS) is 22.4. The summed E-state index contributed by atoms with van der Waals surface area (Å²) < 4.78 is 5.51. The van der Waals surface area contributed by atoms with Gasteiger partial charge in [-0.2, -0.15) is 0 Å². The molecule has 2 atom stereocenters. The smallest absolute Gasteiger partial charge is 0.410 e. The summed E-state index contributed by atoms with van der Waals surface area (Å²) in [6.07, 6.45) is 4.41. The first kappa shape index (κ1) is 26.8. The number of nitrogens with zero attached hydrogens (tertiary/aromatic N) is 3. The van der Waals surface area contributed by atoms with Crippen molar-refractivity contribution in [2.75, 3.05) is 39.8 Å².